The van der Waals surface area contributed by atoms with E-state index in [1.54, 1.807) is 6.92 Å². The van der Waals surface area contributed by atoms with Crippen LogP contribution in [0, 0.1) is 0 Å². The molecule has 0 spiro atoms. The second kappa shape index (κ2) is 5.26. The van der Waals surface area contributed by atoms with Crippen molar-refractivity contribution in [3.8, 4) is 0 Å². The molecule has 0 bridgehead atoms. The SMILES string of the molecule is CCC(=O)OOOI. The topological polar surface area (TPSA) is 44.8 Å². The fourth-order valence-corrected chi connectivity index (χ4v) is 0.183. The molecule has 0 heterocycles. The van der Waals surface area contributed by atoms with Crippen molar-refractivity contribution in [3.05, 3.63) is 0 Å². The van der Waals surface area contributed by atoms with E-state index in [1.165, 1.54) is 23.0 Å². The summed E-state index contributed by atoms with van der Waals surface area (Å²) in [5.41, 5.74) is 0. The van der Waals surface area contributed by atoms with Crippen LogP contribution in [0.15, 0.2) is 0 Å². The summed E-state index contributed by atoms with van der Waals surface area (Å²) in [6, 6.07) is 0. The molecule has 0 amide bonds. The molecular weight excluding hydrogens is 227 g/mol. The summed E-state index contributed by atoms with van der Waals surface area (Å²) < 4.78 is 3.94. The van der Waals surface area contributed by atoms with Crippen molar-refractivity contribution < 1.29 is 17.9 Å². The van der Waals surface area contributed by atoms with Gasteiger partial charge in [0.05, 0.1) is 0 Å². The first kappa shape index (κ1) is 8.12. The number of halogens is 1. The van der Waals surface area contributed by atoms with E-state index in [0.29, 0.717) is 0 Å². The van der Waals surface area contributed by atoms with E-state index < -0.39 is 5.97 Å². The Morgan fingerprint density at radius 1 is 1.75 bits per heavy atom. The summed E-state index contributed by atoms with van der Waals surface area (Å²) in [7, 11) is 0. The minimum atomic E-state index is -0.457. The molecule has 0 aliphatic rings. The van der Waals surface area contributed by atoms with Gasteiger partial charge < -0.3 is 0 Å². The van der Waals surface area contributed by atoms with Crippen LogP contribution < -0.4 is 0 Å². The minimum Gasteiger partial charge on any atom is -0.268 e. The van der Waals surface area contributed by atoms with Crippen LogP contribution in [0.4, 0.5) is 0 Å². The first-order valence-electron chi connectivity index (χ1n) is 1.96. The maximum Gasteiger partial charge on any atom is 0.345 e. The summed E-state index contributed by atoms with van der Waals surface area (Å²) in [5.74, 6) is -0.457. The van der Waals surface area contributed by atoms with Crippen molar-refractivity contribution in [2.45, 2.75) is 13.3 Å². The highest BCUT2D eigenvalue weighted by atomic mass is 127. The van der Waals surface area contributed by atoms with Gasteiger partial charge in [-0.1, -0.05) is 6.92 Å². The zero-order chi connectivity index (χ0) is 6.41. The summed E-state index contributed by atoms with van der Waals surface area (Å²) in [6.45, 7) is 1.65. The Bertz CT molecular complexity index is 73.7. The number of carbonyl (C=O) groups excluding carboxylic acids is 1. The molecule has 5 heteroatoms. The van der Waals surface area contributed by atoms with Crippen LogP contribution in [0.25, 0.3) is 0 Å². The minimum absolute atomic E-state index is 0.278. The number of rotatable bonds is 3. The Labute approximate surface area is 60.6 Å². The molecule has 0 fully saturated rings. The van der Waals surface area contributed by atoms with Gasteiger partial charge in [0, 0.05) is 6.42 Å². The molecule has 48 valence electrons. The summed E-state index contributed by atoms with van der Waals surface area (Å²) in [4.78, 5) is 14.1. The molecular formula is C3H5IO4. The molecule has 0 radical (unpaired) electrons. The molecule has 0 aliphatic heterocycles. The van der Waals surface area contributed by atoms with E-state index in [-0.39, 0.29) is 6.42 Å². The fraction of sp³-hybridized carbons (Fsp3) is 0.667. The second-order valence-electron chi connectivity index (χ2n) is 0.940. The quantitative estimate of drug-likeness (QED) is 0.416. The lowest BCUT2D eigenvalue weighted by atomic mass is 10.5. The highest BCUT2D eigenvalue weighted by Gasteiger charge is 1.96. The lowest BCUT2D eigenvalue weighted by molar-refractivity contribution is -0.417. The van der Waals surface area contributed by atoms with Crippen LogP contribution in [0.3, 0.4) is 0 Å². The maximum atomic E-state index is 10.1. The van der Waals surface area contributed by atoms with Crippen molar-refractivity contribution in [3.63, 3.8) is 0 Å². The van der Waals surface area contributed by atoms with E-state index in [0.717, 1.165) is 0 Å². The molecule has 0 unspecified atom stereocenters. The van der Waals surface area contributed by atoms with Gasteiger partial charge in [-0.25, -0.2) is 4.79 Å². The largest absolute Gasteiger partial charge is 0.345 e. The number of hydrogen-bond donors (Lipinski definition) is 0. The standard InChI is InChI=1S/C3H5IO4/c1-2-3(5)6-8-7-4/h2H2,1H3. The van der Waals surface area contributed by atoms with Crippen molar-refractivity contribution in [2.24, 2.45) is 0 Å². The van der Waals surface area contributed by atoms with Gasteiger partial charge in [-0.2, -0.15) is 0 Å². The zero-order valence-corrected chi connectivity index (χ0v) is 6.38. The Balaban J connectivity index is 2.99. The number of carbonyl (C=O) groups is 1. The average molecular weight is 232 g/mol. The number of hydrogen-bond acceptors (Lipinski definition) is 4. The first-order valence-corrected chi connectivity index (χ1v) is 2.84. The van der Waals surface area contributed by atoms with Crippen LogP contribution in [-0.2, 0) is 17.9 Å². The molecule has 8 heavy (non-hydrogen) atoms. The van der Waals surface area contributed by atoms with Crippen LogP contribution in [0.5, 0.6) is 0 Å². The molecule has 0 aromatic heterocycles. The lowest BCUT2D eigenvalue weighted by Crippen LogP contribution is -2.00. The van der Waals surface area contributed by atoms with E-state index >= 15 is 0 Å². The highest BCUT2D eigenvalue weighted by Crippen LogP contribution is 1.90. The third-order valence-electron chi connectivity index (χ3n) is 0.441. The van der Waals surface area contributed by atoms with Gasteiger partial charge in [0.15, 0.2) is 23.0 Å². The summed E-state index contributed by atoms with van der Waals surface area (Å²) in [5, 5.41) is 3.82. The summed E-state index contributed by atoms with van der Waals surface area (Å²) >= 11 is 1.44. The van der Waals surface area contributed by atoms with Crippen LogP contribution in [0.2, 0.25) is 0 Å². The highest BCUT2D eigenvalue weighted by molar-refractivity contribution is 14.1. The third kappa shape index (κ3) is 4.28. The smallest absolute Gasteiger partial charge is 0.268 e. The maximum absolute atomic E-state index is 10.1. The second-order valence-corrected chi connectivity index (χ2v) is 1.30. The van der Waals surface area contributed by atoms with Crippen molar-refractivity contribution >= 4 is 29.0 Å². The predicted octanol–water partition coefficient (Wildman–Crippen LogP) is 1.15. The molecule has 0 N–H and O–H groups in total. The lowest BCUT2D eigenvalue weighted by Gasteiger charge is -1.92. The van der Waals surface area contributed by atoms with Crippen LogP contribution in [0.1, 0.15) is 13.3 Å². The molecule has 0 aromatic carbocycles. The van der Waals surface area contributed by atoms with Crippen molar-refractivity contribution in [1.82, 2.24) is 0 Å². The van der Waals surface area contributed by atoms with Gasteiger partial charge >= 0.3 is 5.97 Å². The van der Waals surface area contributed by atoms with E-state index in [2.05, 4.69) is 13.1 Å². The van der Waals surface area contributed by atoms with Gasteiger partial charge in [-0.3, -0.25) is 4.89 Å². The Kier molecular flexibility index (Phi) is 5.34. The Hall–Kier alpha value is 0.120. The summed E-state index contributed by atoms with van der Waals surface area (Å²) in [6.07, 6.45) is 0.278. The molecule has 4 nitrogen and oxygen atoms in total. The van der Waals surface area contributed by atoms with Gasteiger partial charge in [0.2, 0.25) is 0 Å². The fourth-order valence-electron chi connectivity index (χ4n) is 0.110. The molecule has 0 saturated carbocycles. The molecule has 0 saturated heterocycles. The van der Waals surface area contributed by atoms with E-state index in [1.807, 2.05) is 0 Å². The van der Waals surface area contributed by atoms with Gasteiger partial charge in [-0.05, 0) is 5.04 Å². The molecule has 0 atom stereocenters. The molecule has 0 aliphatic carbocycles. The molecule has 0 aromatic rings. The Morgan fingerprint density at radius 3 is 2.75 bits per heavy atom. The van der Waals surface area contributed by atoms with E-state index in [9.17, 15) is 4.79 Å². The third-order valence-corrected chi connectivity index (χ3v) is 0.588. The monoisotopic (exact) mass is 232 g/mol. The van der Waals surface area contributed by atoms with Gasteiger partial charge in [-0.15, -0.1) is 3.22 Å². The average Bonchev–Trinajstić information content (AvgIpc) is 1.83. The van der Waals surface area contributed by atoms with Crippen molar-refractivity contribution in [1.29, 1.82) is 0 Å². The Morgan fingerprint density at radius 2 is 2.38 bits per heavy atom. The van der Waals surface area contributed by atoms with Gasteiger partial charge in [0.1, 0.15) is 0 Å². The first-order chi connectivity index (χ1) is 3.81. The van der Waals surface area contributed by atoms with Crippen LogP contribution in [-0.4, -0.2) is 5.97 Å². The molecule has 0 rings (SSSR count). The van der Waals surface area contributed by atoms with Gasteiger partial charge in [0.25, 0.3) is 0 Å². The van der Waals surface area contributed by atoms with Crippen LogP contribution >= 0.6 is 23.0 Å². The zero-order valence-electron chi connectivity index (χ0n) is 4.22. The van der Waals surface area contributed by atoms with E-state index in [4.69, 9.17) is 0 Å². The normalized spacial score (nSPS) is 8.75. The predicted molar refractivity (Wildman–Crippen MR) is 32.6 cm³/mol. The van der Waals surface area contributed by atoms with Crippen molar-refractivity contribution in [2.75, 3.05) is 0 Å².